The molecule has 0 amide bonds. The fourth-order valence-electron chi connectivity index (χ4n) is 0.869. The van der Waals surface area contributed by atoms with Gasteiger partial charge in [-0.15, -0.1) is 12.4 Å². The first-order chi connectivity index (χ1) is 5.54. The van der Waals surface area contributed by atoms with Crippen LogP contribution in [-0.2, 0) is 0 Å². The second-order valence-corrected chi connectivity index (χ2v) is 3.15. The summed E-state index contributed by atoms with van der Waals surface area (Å²) in [7, 11) is 0. The molecule has 0 atom stereocenters. The van der Waals surface area contributed by atoms with Gasteiger partial charge >= 0.3 is 5.97 Å². The van der Waals surface area contributed by atoms with E-state index in [2.05, 4.69) is 20.9 Å². The molecule has 0 bridgehead atoms. The van der Waals surface area contributed by atoms with Gasteiger partial charge < -0.3 is 10.8 Å². The van der Waals surface area contributed by atoms with Crippen LogP contribution in [0.25, 0.3) is 0 Å². The van der Waals surface area contributed by atoms with Gasteiger partial charge in [-0.3, -0.25) is 0 Å². The number of hydrogen-bond donors (Lipinski definition) is 2. The van der Waals surface area contributed by atoms with Crippen molar-refractivity contribution in [3.05, 3.63) is 21.8 Å². The highest BCUT2D eigenvalue weighted by Gasteiger charge is 2.14. The third-order valence-electron chi connectivity index (χ3n) is 1.52. The number of aromatic nitrogens is 1. The second-order valence-electron chi connectivity index (χ2n) is 2.30. The number of pyridine rings is 1. The predicted octanol–water partition coefficient (Wildman–Crippen LogP) is 1.85. The Balaban J connectivity index is 0.00000144. The van der Waals surface area contributed by atoms with Crippen molar-refractivity contribution in [3.8, 4) is 0 Å². The highest BCUT2D eigenvalue weighted by Crippen LogP contribution is 2.22. The number of carboxylic acid groups (broad SMARTS) is 1. The SMILES string of the molecule is Cc1c(Br)cnc(N)c1C(=O)O.Cl. The minimum atomic E-state index is -1.06. The number of carbonyl (C=O) groups is 1. The molecule has 0 unspecified atom stereocenters. The van der Waals surface area contributed by atoms with Crippen LogP contribution in [0.1, 0.15) is 15.9 Å². The summed E-state index contributed by atoms with van der Waals surface area (Å²) in [6.45, 7) is 1.67. The molecule has 0 radical (unpaired) electrons. The van der Waals surface area contributed by atoms with Crippen LogP contribution in [-0.4, -0.2) is 16.1 Å². The van der Waals surface area contributed by atoms with E-state index in [-0.39, 0.29) is 23.8 Å². The number of nitrogens with zero attached hydrogens (tertiary/aromatic N) is 1. The monoisotopic (exact) mass is 266 g/mol. The summed E-state index contributed by atoms with van der Waals surface area (Å²) in [4.78, 5) is 14.4. The lowest BCUT2D eigenvalue weighted by atomic mass is 10.1. The Kier molecular flexibility index (Phi) is 4.16. The van der Waals surface area contributed by atoms with Crippen LogP contribution in [0.2, 0.25) is 0 Å². The van der Waals surface area contributed by atoms with Crippen molar-refractivity contribution in [3.63, 3.8) is 0 Å². The van der Waals surface area contributed by atoms with Gasteiger partial charge in [0, 0.05) is 10.7 Å². The van der Waals surface area contributed by atoms with Crippen molar-refractivity contribution in [1.82, 2.24) is 4.98 Å². The van der Waals surface area contributed by atoms with Gasteiger partial charge in [-0.05, 0) is 28.4 Å². The quantitative estimate of drug-likeness (QED) is 0.814. The predicted molar refractivity (Wildman–Crippen MR) is 55.3 cm³/mol. The number of aromatic carboxylic acids is 1. The first-order valence-electron chi connectivity index (χ1n) is 3.18. The molecule has 0 aliphatic heterocycles. The molecule has 3 N–H and O–H groups in total. The van der Waals surface area contributed by atoms with E-state index in [1.165, 1.54) is 6.20 Å². The number of nitrogens with two attached hydrogens (primary N) is 1. The van der Waals surface area contributed by atoms with Crippen LogP contribution in [0, 0.1) is 6.92 Å². The number of carboxylic acids is 1. The van der Waals surface area contributed by atoms with Gasteiger partial charge in [-0.25, -0.2) is 9.78 Å². The molecule has 0 aromatic carbocycles. The van der Waals surface area contributed by atoms with Gasteiger partial charge in [0.15, 0.2) is 0 Å². The van der Waals surface area contributed by atoms with Crippen LogP contribution >= 0.6 is 28.3 Å². The molecule has 0 fully saturated rings. The first kappa shape index (κ1) is 12.2. The smallest absolute Gasteiger partial charge is 0.339 e. The van der Waals surface area contributed by atoms with E-state index in [4.69, 9.17) is 10.8 Å². The van der Waals surface area contributed by atoms with Crippen LogP contribution in [0.5, 0.6) is 0 Å². The van der Waals surface area contributed by atoms with E-state index < -0.39 is 5.97 Å². The molecule has 1 aromatic rings. The molecular formula is C7H8BrClN2O2. The zero-order valence-electron chi connectivity index (χ0n) is 6.74. The van der Waals surface area contributed by atoms with Crippen LogP contribution in [0.15, 0.2) is 10.7 Å². The van der Waals surface area contributed by atoms with Crippen molar-refractivity contribution in [2.24, 2.45) is 0 Å². The number of nitrogen functional groups attached to an aromatic ring is 1. The van der Waals surface area contributed by atoms with Gasteiger partial charge in [-0.2, -0.15) is 0 Å². The lowest BCUT2D eigenvalue weighted by Gasteiger charge is -2.04. The lowest BCUT2D eigenvalue weighted by Crippen LogP contribution is -2.07. The molecule has 72 valence electrons. The van der Waals surface area contributed by atoms with E-state index in [1.807, 2.05) is 0 Å². The third-order valence-corrected chi connectivity index (χ3v) is 2.32. The first-order valence-corrected chi connectivity index (χ1v) is 3.97. The second kappa shape index (κ2) is 4.43. The fourth-order valence-corrected chi connectivity index (χ4v) is 1.17. The lowest BCUT2D eigenvalue weighted by molar-refractivity contribution is 0.0697. The van der Waals surface area contributed by atoms with E-state index in [0.717, 1.165) is 0 Å². The Morgan fingerprint density at radius 1 is 1.69 bits per heavy atom. The fraction of sp³-hybridized carbons (Fsp3) is 0.143. The van der Waals surface area contributed by atoms with Crippen molar-refractivity contribution in [2.75, 3.05) is 5.73 Å². The number of anilines is 1. The Hall–Kier alpha value is -0.810. The summed E-state index contributed by atoms with van der Waals surface area (Å²) in [6, 6.07) is 0. The molecule has 1 aromatic heterocycles. The normalized spacial score (nSPS) is 9.08. The summed E-state index contributed by atoms with van der Waals surface area (Å²) in [5.41, 5.74) is 6.03. The summed E-state index contributed by atoms with van der Waals surface area (Å²) in [5.74, 6) is -1.01. The Labute approximate surface area is 89.7 Å². The average molecular weight is 268 g/mol. The standard InChI is InChI=1S/C7H7BrN2O2.ClH/c1-3-4(8)2-10-6(9)5(3)7(11)12;/h2H,1H3,(H2,9,10)(H,11,12);1H. The minimum Gasteiger partial charge on any atom is -0.478 e. The van der Waals surface area contributed by atoms with E-state index in [0.29, 0.717) is 10.0 Å². The van der Waals surface area contributed by atoms with Crippen molar-refractivity contribution in [1.29, 1.82) is 0 Å². The van der Waals surface area contributed by atoms with E-state index >= 15 is 0 Å². The van der Waals surface area contributed by atoms with Gasteiger partial charge in [0.2, 0.25) is 0 Å². The minimum absolute atomic E-state index is 0. The molecule has 4 nitrogen and oxygen atoms in total. The summed E-state index contributed by atoms with van der Waals surface area (Å²) in [5, 5.41) is 8.73. The van der Waals surface area contributed by atoms with E-state index in [9.17, 15) is 4.79 Å². The van der Waals surface area contributed by atoms with Crippen LogP contribution in [0.4, 0.5) is 5.82 Å². The van der Waals surface area contributed by atoms with Crippen molar-refractivity contribution < 1.29 is 9.90 Å². The Morgan fingerprint density at radius 2 is 2.23 bits per heavy atom. The van der Waals surface area contributed by atoms with Gasteiger partial charge in [0.05, 0.1) is 0 Å². The maximum atomic E-state index is 10.7. The number of rotatable bonds is 1. The number of halogens is 2. The topological polar surface area (TPSA) is 76.2 Å². The molecule has 1 rings (SSSR count). The maximum Gasteiger partial charge on any atom is 0.339 e. The molecule has 0 saturated carbocycles. The van der Waals surface area contributed by atoms with E-state index in [1.54, 1.807) is 6.92 Å². The number of hydrogen-bond acceptors (Lipinski definition) is 3. The zero-order valence-corrected chi connectivity index (χ0v) is 9.15. The van der Waals surface area contributed by atoms with Gasteiger partial charge in [0.25, 0.3) is 0 Å². The summed E-state index contributed by atoms with van der Waals surface area (Å²) >= 11 is 3.17. The Morgan fingerprint density at radius 3 is 2.62 bits per heavy atom. The maximum absolute atomic E-state index is 10.7. The van der Waals surface area contributed by atoms with Crippen LogP contribution in [0.3, 0.4) is 0 Å². The highest BCUT2D eigenvalue weighted by atomic mass is 79.9. The average Bonchev–Trinajstić information content (AvgIpc) is 1.97. The van der Waals surface area contributed by atoms with Gasteiger partial charge in [0.1, 0.15) is 11.4 Å². The molecular weight excluding hydrogens is 259 g/mol. The zero-order chi connectivity index (χ0) is 9.30. The van der Waals surface area contributed by atoms with Crippen molar-refractivity contribution >= 4 is 40.1 Å². The largest absolute Gasteiger partial charge is 0.478 e. The third kappa shape index (κ3) is 2.32. The molecule has 0 saturated heterocycles. The van der Waals surface area contributed by atoms with Crippen molar-refractivity contribution in [2.45, 2.75) is 6.92 Å². The Bertz CT molecular complexity index is 344. The molecule has 0 aliphatic rings. The summed E-state index contributed by atoms with van der Waals surface area (Å²) in [6.07, 6.45) is 1.48. The highest BCUT2D eigenvalue weighted by molar-refractivity contribution is 9.10. The van der Waals surface area contributed by atoms with Crippen LogP contribution < -0.4 is 5.73 Å². The molecule has 6 heteroatoms. The summed E-state index contributed by atoms with van der Waals surface area (Å²) < 4.78 is 0.647. The van der Waals surface area contributed by atoms with Gasteiger partial charge in [-0.1, -0.05) is 0 Å². The molecule has 13 heavy (non-hydrogen) atoms. The molecule has 1 heterocycles. The molecule has 0 aliphatic carbocycles. The molecule has 0 spiro atoms.